The van der Waals surface area contributed by atoms with E-state index in [-0.39, 0.29) is 5.91 Å². The first-order chi connectivity index (χ1) is 15.6. The van der Waals surface area contributed by atoms with Crippen LogP contribution in [-0.2, 0) is 11.3 Å². The number of hydrogen-bond acceptors (Lipinski definition) is 4. The molecule has 0 aliphatic heterocycles. The summed E-state index contributed by atoms with van der Waals surface area (Å²) in [5.41, 5.74) is 3.57. The van der Waals surface area contributed by atoms with Crippen LogP contribution in [0, 0.1) is 0 Å². The van der Waals surface area contributed by atoms with Gasteiger partial charge < -0.3 is 15.0 Å². The second-order valence-electron chi connectivity index (χ2n) is 7.98. The molecule has 0 saturated heterocycles. The molecule has 0 aliphatic rings. The number of ether oxygens (including phenoxy) is 1. The Balaban J connectivity index is 1.85. The highest BCUT2D eigenvalue weighted by atomic mass is 16.5. The van der Waals surface area contributed by atoms with Gasteiger partial charge in [-0.25, -0.2) is 0 Å². The molecule has 1 aromatic carbocycles. The van der Waals surface area contributed by atoms with E-state index in [1.54, 1.807) is 19.4 Å². The van der Waals surface area contributed by atoms with Crippen molar-refractivity contribution in [3.63, 3.8) is 0 Å². The van der Waals surface area contributed by atoms with Gasteiger partial charge in [0.15, 0.2) is 0 Å². The second-order valence-corrected chi connectivity index (χ2v) is 7.98. The van der Waals surface area contributed by atoms with Crippen LogP contribution in [0.25, 0.3) is 5.57 Å². The maximum Gasteiger partial charge on any atom is 0.244 e. The van der Waals surface area contributed by atoms with Crippen LogP contribution in [0.1, 0.15) is 50.2 Å². The van der Waals surface area contributed by atoms with Gasteiger partial charge in [0.1, 0.15) is 5.75 Å². The molecule has 1 heterocycles. The van der Waals surface area contributed by atoms with Crippen LogP contribution >= 0.6 is 0 Å². The Morgan fingerprint density at radius 3 is 2.66 bits per heavy atom. The van der Waals surface area contributed by atoms with Crippen molar-refractivity contribution in [2.24, 2.45) is 0 Å². The van der Waals surface area contributed by atoms with Gasteiger partial charge in [0.05, 0.1) is 7.11 Å². The lowest BCUT2D eigenvalue weighted by Gasteiger charge is -2.16. The number of rotatable bonds is 14. The quantitative estimate of drug-likeness (QED) is 0.250. The van der Waals surface area contributed by atoms with Crippen molar-refractivity contribution < 1.29 is 9.53 Å². The van der Waals surface area contributed by atoms with Crippen LogP contribution in [0.15, 0.2) is 67.0 Å². The van der Waals surface area contributed by atoms with E-state index in [2.05, 4.69) is 46.4 Å². The molecule has 0 spiro atoms. The summed E-state index contributed by atoms with van der Waals surface area (Å²) >= 11 is 0. The largest absolute Gasteiger partial charge is 0.497 e. The van der Waals surface area contributed by atoms with Gasteiger partial charge in [-0.1, -0.05) is 56.5 Å². The minimum absolute atomic E-state index is 0.0731. The molecule has 5 heteroatoms. The van der Waals surface area contributed by atoms with E-state index in [0.29, 0.717) is 6.54 Å². The first kappa shape index (κ1) is 25.3. The summed E-state index contributed by atoms with van der Waals surface area (Å²) in [7, 11) is 3.71. The van der Waals surface area contributed by atoms with E-state index >= 15 is 0 Å². The number of amides is 1. The van der Waals surface area contributed by atoms with Gasteiger partial charge >= 0.3 is 0 Å². The molecular weight excluding hydrogens is 398 g/mol. The maximum atomic E-state index is 12.2. The van der Waals surface area contributed by atoms with Crippen molar-refractivity contribution in [2.75, 3.05) is 27.2 Å². The highest BCUT2D eigenvalue weighted by molar-refractivity contribution is 5.88. The monoisotopic (exact) mass is 435 g/mol. The fourth-order valence-electron chi connectivity index (χ4n) is 3.43. The zero-order valence-electron chi connectivity index (χ0n) is 19.7. The molecule has 2 rings (SSSR count). The van der Waals surface area contributed by atoms with E-state index < -0.39 is 0 Å². The maximum absolute atomic E-state index is 12.2. The number of pyridine rings is 1. The standard InChI is InChI=1S/C27H37N3O2/c1-4-5-6-7-11-24(25-14-16-26(32-3)17-15-25)12-8-13-27(31)29-19-20-30(2)22-23-10-9-18-28-21-23/h8-10,12-18,21H,4-7,11,19-20,22H2,1-3H3,(H,29,31)/b13-8+,24-12+. The number of carbonyl (C=O) groups is 1. The lowest BCUT2D eigenvalue weighted by atomic mass is 9.98. The van der Waals surface area contributed by atoms with Gasteiger partial charge in [0, 0.05) is 38.1 Å². The molecule has 0 fully saturated rings. The highest BCUT2D eigenvalue weighted by Gasteiger charge is 2.03. The third-order valence-electron chi connectivity index (χ3n) is 5.27. The van der Waals surface area contributed by atoms with Crippen molar-refractivity contribution in [2.45, 2.75) is 45.6 Å². The second kappa shape index (κ2) is 15.0. The van der Waals surface area contributed by atoms with Crippen LogP contribution in [0.5, 0.6) is 5.75 Å². The Labute approximate surface area is 193 Å². The first-order valence-electron chi connectivity index (χ1n) is 11.5. The molecule has 0 unspecified atom stereocenters. The number of methoxy groups -OCH3 is 1. The van der Waals surface area contributed by atoms with Gasteiger partial charge in [0.2, 0.25) is 5.91 Å². The molecule has 32 heavy (non-hydrogen) atoms. The molecule has 1 aromatic heterocycles. The Morgan fingerprint density at radius 1 is 1.16 bits per heavy atom. The smallest absolute Gasteiger partial charge is 0.244 e. The molecular formula is C27H37N3O2. The van der Waals surface area contributed by atoms with Crippen molar-refractivity contribution in [1.29, 1.82) is 0 Å². The Kier molecular flexibility index (Phi) is 11.9. The third kappa shape index (κ3) is 9.92. The van der Waals surface area contributed by atoms with E-state index in [9.17, 15) is 4.79 Å². The Hall–Kier alpha value is -2.92. The third-order valence-corrected chi connectivity index (χ3v) is 5.27. The van der Waals surface area contributed by atoms with Gasteiger partial charge in [-0.15, -0.1) is 0 Å². The average molecular weight is 436 g/mol. The van der Waals surface area contributed by atoms with E-state index in [4.69, 9.17) is 4.74 Å². The zero-order valence-corrected chi connectivity index (χ0v) is 19.7. The van der Waals surface area contributed by atoms with E-state index in [1.807, 2.05) is 37.5 Å². The fourth-order valence-corrected chi connectivity index (χ4v) is 3.43. The van der Waals surface area contributed by atoms with Gasteiger partial charge in [-0.05, 0) is 54.8 Å². The molecule has 172 valence electrons. The number of carbonyl (C=O) groups excluding carboxylic acids is 1. The van der Waals surface area contributed by atoms with E-state index in [0.717, 1.165) is 37.2 Å². The van der Waals surface area contributed by atoms with Crippen LogP contribution in [0.3, 0.4) is 0 Å². The van der Waals surface area contributed by atoms with E-state index in [1.165, 1.54) is 30.4 Å². The molecule has 0 bridgehead atoms. The topological polar surface area (TPSA) is 54.5 Å². The molecule has 0 saturated carbocycles. The summed E-state index contributed by atoms with van der Waals surface area (Å²) in [6.45, 7) is 4.41. The summed E-state index contributed by atoms with van der Waals surface area (Å²) in [5, 5.41) is 2.96. The number of unbranched alkanes of at least 4 members (excludes halogenated alkanes) is 3. The zero-order chi connectivity index (χ0) is 23.0. The average Bonchev–Trinajstić information content (AvgIpc) is 2.81. The van der Waals surface area contributed by atoms with Gasteiger partial charge in [0.25, 0.3) is 0 Å². The number of allylic oxidation sites excluding steroid dienone is 3. The summed E-state index contributed by atoms with van der Waals surface area (Å²) < 4.78 is 5.27. The van der Waals surface area contributed by atoms with Crippen LogP contribution in [-0.4, -0.2) is 43.0 Å². The van der Waals surface area contributed by atoms with Crippen LogP contribution in [0.2, 0.25) is 0 Å². The molecule has 1 N–H and O–H groups in total. The SMILES string of the molecule is CCCCCC/C(=C\C=C\C(=O)NCCN(C)Cc1cccnc1)c1ccc(OC)cc1. The summed E-state index contributed by atoms with van der Waals surface area (Å²) in [5.74, 6) is 0.776. The minimum atomic E-state index is -0.0731. The predicted octanol–water partition coefficient (Wildman–Crippen LogP) is 5.25. The van der Waals surface area contributed by atoms with Crippen LogP contribution < -0.4 is 10.1 Å². The number of benzene rings is 1. The minimum Gasteiger partial charge on any atom is -0.497 e. The van der Waals surface area contributed by atoms with Gasteiger partial charge in [-0.2, -0.15) is 0 Å². The first-order valence-corrected chi connectivity index (χ1v) is 11.5. The van der Waals surface area contributed by atoms with Crippen molar-refractivity contribution >= 4 is 11.5 Å². The van der Waals surface area contributed by atoms with Crippen molar-refractivity contribution in [3.05, 3.63) is 78.1 Å². The number of hydrogen-bond donors (Lipinski definition) is 1. The molecule has 0 radical (unpaired) electrons. The molecule has 0 atom stereocenters. The highest BCUT2D eigenvalue weighted by Crippen LogP contribution is 2.24. The fraction of sp³-hybridized carbons (Fsp3) is 0.407. The number of likely N-dealkylation sites (N-methyl/N-ethyl adjacent to an activating group) is 1. The lowest BCUT2D eigenvalue weighted by molar-refractivity contribution is -0.116. The Bertz CT molecular complexity index is 845. The predicted molar refractivity (Wildman–Crippen MR) is 132 cm³/mol. The van der Waals surface area contributed by atoms with Crippen molar-refractivity contribution in [1.82, 2.24) is 15.2 Å². The lowest BCUT2D eigenvalue weighted by Crippen LogP contribution is -2.31. The number of nitrogens with one attached hydrogen (secondary N) is 1. The molecule has 1 amide bonds. The van der Waals surface area contributed by atoms with Crippen LogP contribution in [0.4, 0.5) is 0 Å². The summed E-state index contributed by atoms with van der Waals surface area (Å²) in [6.07, 6.45) is 15.0. The molecule has 5 nitrogen and oxygen atoms in total. The Morgan fingerprint density at radius 2 is 1.97 bits per heavy atom. The van der Waals surface area contributed by atoms with Crippen molar-refractivity contribution in [3.8, 4) is 5.75 Å². The molecule has 0 aliphatic carbocycles. The number of nitrogens with zero attached hydrogens (tertiary/aromatic N) is 2. The normalized spacial score (nSPS) is 11.8. The summed E-state index contributed by atoms with van der Waals surface area (Å²) in [4.78, 5) is 18.5. The number of aromatic nitrogens is 1. The van der Waals surface area contributed by atoms with Gasteiger partial charge in [-0.3, -0.25) is 9.78 Å². The molecule has 2 aromatic rings. The summed E-state index contributed by atoms with van der Waals surface area (Å²) in [6, 6.07) is 12.1.